The first kappa shape index (κ1) is 21.7. The van der Waals surface area contributed by atoms with Crippen molar-refractivity contribution in [3.8, 4) is 5.75 Å². The molecule has 158 valence electrons. The van der Waals surface area contributed by atoms with Crippen LogP contribution in [-0.4, -0.2) is 61.6 Å². The van der Waals surface area contributed by atoms with Crippen molar-refractivity contribution < 1.29 is 19.1 Å². The fourth-order valence-corrected chi connectivity index (χ4v) is 4.02. The summed E-state index contributed by atoms with van der Waals surface area (Å²) in [6.45, 7) is 3.06. The first-order valence-electron chi connectivity index (χ1n) is 10.1. The second kappa shape index (κ2) is 9.22. The highest BCUT2D eigenvalue weighted by molar-refractivity contribution is 6.44. The van der Waals surface area contributed by atoms with Crippen LogP contribution in [0.1, 0.15) is 33.9 Å². The Bertz CT molecular complexity index is 939. The minimum absolute atomic E-state index is 0.330. The van der Waals surface area contributed by atoms with Gasteiger partial charge in [0, 0.05) is 12.1 Å². The third kappa shape index (κ3) is 4.28. The van der Waals surface area contributed by atoms with Crippen molar-refractivity contribution >= 4 is 17.5 Å². The summed E-state index contributed by atoms with van der Waals surface area (Å²) in [5.74, 6) is -1.92. The summed E-state index contributed by atoms with van der Waals surface area (Å²) in [5.41, 5.74) is 2.01. The Morgan fingerprint density at radius 2 is 1.80 bits per heavy atom. The molecule has 1 aliphatic rings. The van der Waals surface area contributed by atoms with E-state index >= 15 is 0 Å². The van der Waals surface area contributed by atoms with Crippen molar-refractivity contribution in [3.05, 3.63) is 65.2 Å². The monoisotopic (exact) mass is 408 g/mol. The molecule has 0 aliphatic carbocycles. The van der Waals surface area contributed by atoms with Crippen molar-refractivity contribution in [2.24, 2.45) is 5.92 Å². The SMILES string of the molecule is COc1ccc(C(=O)C2C(=O)C(=O)N(CCCN(C)C)C2c2ccccc2)cc1C. The molecule has 3 rings (SSSR count). The number of rotatable bonds is 8. The standard InChI is InChI=1S/C24H28N2O4/c1-16-15-18(11-12-19(16)30-4)22(27)20-21(17-9-6-5-7-10-17)26(24(29)23(20)28)14-8-13-25(2)3/h5-7,9-12,15,20-21H,8,13-14H2,1-4H3. The number of aryl methyl sites for hydroxylation is 1. The smallest absolute Gasteiger partial charge is 0.291 e. The average molecular weight is 408 g/mol. The van der Waals surface area contributed by atoms with E-state index in [2.05, 4.69) is 0 Å². The van der Waals surface area contributed by atoms with Gasteiger partial charge in [-0.3, -0.25) is 14.4 Å². The summed E-state index contributed by atoms with van der Waals surface area (Å²) in [5, 5.41) is 0. The van der Waals surface area contributed by atoms with E-state index in [0.29, 0.717) is 17.9 Å². The predicted molar refractivity (Wildman–Crippen MR) is 115 cm³/mol. The van der Waals surface area contributed by atoms with Crippen LogP contribution in [0.25, 0.3) is 0 Å². The molecule has 30 heavy (non-hydrogen) atoms. The lowest BCUT2D eigenvalue weighted by Crippen LogP contribution is -2.33. The van der Waals surface area contributed by atoms with Gasteiger partial charge < -0.3 is 14.5 Å². The van der Waals surface area contributed by atoms with Gasteiger partial charge in [0.2, 0.25) is 5.78 Å². The molecule has 1 aliphatic heterocycles. The zero-order valence-corrected chi connectivity index (χ0v) is 17.9. The summed E-state index contributed by atoms with van der Waals surface area (Å²) in [6, 6.07) is 13.8. The van der Waals surface area contributed by atoms with Gasteiger partial charge in [-0.1, -0.05) is 30.3 Å². The normalized spacial score (nSPS) is 18.9. The molecule has 1 heterocycles. The molecular formula is C24H28N2O4. The number of ether oxygens (including phenoxy) is 1. The third-order valence-corrected chi connectivity index (χ3v) is 5.51. The van der Waals surface area contributed by atoms with Gasteiger partial charge in [0.15, 0.2) is 5.78 Å². The molecular weight excluding hydrogens is 380 g/mol. The van der Waals surface area contributed by atoms with Crippen LogP contribution in [0.2, 0.25) is 0 Å². The lowest BCUT2D eigenvalue weighted by atomic mass is 9.86. The van der Waals surface area contributed by atoms with Crippen LogP contribution in [0.4, 0.5) is 0 Å². The summed E-state index contributed by atoms with van der Waals surface area (Å²) < 4.78 is 5.27. The van der Waals surface area contributed by atoms with Crippen LogP contribution in [0.15, 0.2) is 48.5 Å². The molecule has 2 atom stereocenters. The Labute approximate surface area is 177 Å². The van der Waals surface area contributed by atoms with E-state index < -0.39 is 23.7 Å². The van der Waals surface area contributed by atoms with E-state index in [9.17, 15) is 14.4 Å². The number of carbonyl (C=O) groups is 3. The molecule has 0 bridgehead atoms. The van der Waals surface area contributed by atoms with Gasteiger partial charge >= 0.3 is 0 Å². The zero-order chi connectivity index (χ0) is 21.8. The number of carbonyl (C=O) groups excluding carboxylic acids is 3. The molecule has 0 aromatic heterocycles. The van der Waals surface area contributed by atoms with Gasteiger partial charge in [-0.2, -0.15) is 0 Å². The molecule has 2 unspecified atom stereocenters. The quantitative estimate of drug-likeness (QED) is 0.382. The van der Waals surface area contributed by atoms with Gasteiger partial charge in [0.05, 0.1) is 13.2 Å². The maximum atomic E-state index is 13.4. The van der Waals surface area contributed by atoms with E-state index in [1.807, 2.05) is 56.3 Å². The number of ketones is 2. The molecule has 6 nitrogen and oxygen atoms in total. The summed E-state index contributed by atoms with van der Waals surface area (Å²) >= 11 is 0. The maximum Gasteiger partial charge on any atom is 0.291 e. The molecule has 2 aromatic carbocycles. The van der Waals surface area contributed by atoms with Crippen molar-refractivity contribution in [2.45, 2.75) is 19.4 Å². The lowest BCUT2D eigenvalue weighted by molar-refractivity contribution is -0.140. The van der Waals surface area contributed by atoms with Gasteiger partial charge in [-0.25, -0.2) is 0 Å². The van der Waals surface area contributed by atoms with Crippen molar-refractivity contribution in [1.29, 1.82) is 0 Å². The Balaban J connectivity index is 1.98. The first-order valence-corrected chi connectivity index (χ1v) is 10.1. The number of methoxy groups -OCH3 is 1. The van der Waals surface area contributed by atoms with Gasteiger partial charge in [0.1, 0.15) is 11.7 Å². The van der Waals surface area contributed by atoms with E-state index in [1.165, 1.54) is 0 Å². The van der Waals surface area contributed by atoms with Crippen LogP contribution in [0, 0.1) is 12.8 Å². The molecule has 0 radical (unpaired) electrons. The van der Waals surface area contributed by atoms with Crippen LogP contribution in [0.5, 0.6) is 5.75 Å². The van der Waals surface area contributed by atoms with Crippen LogP contribution < -0.4 is 4.74 Å². The molecule has 1 saturated heterocycles. The maximum absolute atomic E-state index is 13.4. The molecule has 6 heteroatoms. The Morgan fingerprint density at radius 1 is 1.10 bits per heavy atom. The highest BCUT2D eigenvalue weighted by Gasteiger charge is 2.51. The molecule has 1 fully saturated rings. The number of hydrogen-bond donors (Lipinski definition) is 0. The molecule has 2 aromatic rings. The second-order valence-electron chi connectivity index (χ2n) is 7.90. The highest BCUT2D eigenvalue weighted by Crippen LogP contribution is 2.38. The summed E-state index contributed by atoms with van der Waals surface area (Å²) in [4.78, 5) is 42.9. The molecule has 1 amide bonds. The number of hydrogen-bond acceptors (Lipinski definition) is 5. The Kier molecular flexibility index (Phi) is 6.67. The largest absolute Gasteiger partial charge is 0.496 e. The highest BCUT2D eigenvalue weighted by atomic mass is 16.5. The second-order valence-corrected chi connectivity index (χ2v) is 7.90. The summed E-state index contributed by atoms with van der Waals surface area (Å²) in [7, 11) is 5.49. The first-order chi connectivity index (χ1) is 14.3. The van der Waals surface area contributed by atoms with Crippen molar-refractivity contribution in [1.82, 2.24) is 9.80 Å². The minimum Gasteiger partial charge on any atom is -0.496 e. The Morgan fingerprint density at radius 3 is 2.40 bits per heavy atom. The fourth-order valence-electron chi connectivity index (χ4n) is 4.02. The lowest BCUT2D eigenvalue weighted by Gasteiger charge is -2.27. The number of likely N-dealkylation sites (tertiary alicyclic amines) is 1. The summed E-state index contributed by atoms with van der Waals surface area (Å²) in [6.07, 6.45) is 0.720. The number of benzene rings is 2. The van der Waals surface area contributed by atoms with Gasteiger partial charge in [0.25, 0.3) is 5.91 Å². The predicted octanol–water partition coefficient (Wildman–Crippen LogP) is 2.91. The van der Waals surface area contributed by atoms with Crippen LogP contribution >= 0.6 is 0 Å². The average Bonchev–Trinajstić information content (AvgIpc) is 2.98. The fraction of sp³-hybridized carbons (Fsp3) is 0.375. The van der Waals surface area contributed by atoms with Crippen molar-refractivity contribution in [3.63, 3.8) is 0 Å². The van der Waals surface area contributed by atoms with E-state index in [1.54, 1.807) is 30.2 Å². The topological polar surface area (TPSA) is 66.9 Å². The zero-order valence-electron chi connectivity index (χ0n) is 17.9. The van der Waals surface area contributed by atoms with Gasteiger partial charge in [-0.05, 0) is 63.3 Å². The Hall–Kier alpha value is -2.99. The molecule has 0 spiro atoms. The van der Waals surface area contributed by atoms with E-state index in [-0.39, 0.29) is 5.78 Å². The van der Waals surface area contributed by atoms with E-state index in [4.69, 9.17) is 4.74 Å². The number of amides is 1. The van der Waals surface area contributed by atoms with Crippen LogP contribution in [-0.2, 0) is 9.59 Å². The van der Waals surface area contributed by atoms with Crippen molar-refractivity contribution in [2.75, 3.05) is 34.3 Å². The molecule has 0 N–H and O–H groups in total. The van der Waals surface area contributed by atoms with Crippen LogP contribution in [0.3, 0.4) is 0 Å². The number of Topliss-reactive ketones (excluding diaryl/α,β-unsaturated/α-hetero) is 2. The van der Waals surface area contributed by atoms with E-state index in [0.717, 1.165) is 24.1 Å². The minimum atomic E-state index is -1.05. The molecule has 0 saturated carbocycles. The van der Waals surface area contributed by atoms with Gasteiger partial charge in [-0.15, -0.1) is 0 Å². The third-order valence-electron chi connectivity index (χ3n) is 5.51. The number of nitrogens with zero attached hydrogens (tertiary/aromatic N) is 2.